The largest absolute Gasteiger partial charge is 0.484 e. The number of aliphatic imine (C=N–C) groups is 1. The number of nitrogens with zero attached hydrogens (tertiary/aromatic N) is 1. The summed E-state index contributed by atoms with van der Waals surface area (Å²) in [6.45, 7) is 5.67. The standard InChI is InChI=1S/C22H26N4O3/c1-3-24-22(25-12-16-7-6-8-17(11-16)28-14-21(23)27)26-13-20-15(2)18-9-4-5-10-19(18)29-20/h4-11H,3,12-14H2,1-2H3,(H2,23,27)(H2,24,25,26). The van der Waals surface area contributed by atoms with Crippen molar-refractivity contribution in [3.63, 3.8) is 0 Å². The summed E-state index contributed by atoms with van der Waals surface area (Å²) in [6.07, 6.45) is 0. The predicted molar refractivity (Wildman–Crippen MR) is 114 cm³/mol. The van der Waals surface area contributed by atoms with Crippen LogP contribution in [0.1, 0.15) is 23.8 Å². The van der Waals surface area contributed by atoms with Crippen LogP contribution >= 0.6 is 0 Å². The Balaban J connectivity index is 1.66. The van der Waals surface area contributed by atoms with Crippen molar-refractivity contribution >= 4 is 22.8 Å². The number of guanidine groups is 1. The zero-order chi connectivity index (χ0) is 20.6. The first-order valence-electron chi connectivity index (χ1n) is 9.56. The van der Waals surface area contributed by atoms with Crippen molar-refractivity contribution in [1.82, 2.24) is 10.6 Å². The molecule has 0 atom stereocenters. The number of amides is 1. The van der Waals surface area contributed by atoms with Crippen LogP contribution in [0.3, 0.4) is 0 Å². The van der Waals surface area contributed by atoms with Crippen molar-refractivity contribution in [2.75, 3.05) is 13.2 Å². The number of benzene rings is 2. The zero-order valence-corrected chi connectivity index (χ0v) is 16.7. The van der Waals surface area contributed by atoms with Gasteiger partial charge < -0.3 is 25.5 Å². The second kappa shape index (κ2) is 9.64. The van der Waals surface area contributed by atoms with Crippen LogP contribution < -0.4 is 21.1 Å². The molecule has 1 aromatic heterocycles. The summed E-state index contributed by atoms with van der Waals surface area (Å²) in [4.78, 5) is 15.5. The number of carbonyl (C=O) groups excluding carboxylic acids is 1. The molecule has 7 heteroatoms. The molecule has 29 heavy (non-hydrogen) atoms. The fraction of sp³-hybridized carbons (Fsp3) is 0.273. The highest BCUT2D eigenvalue weighted by molar-refractivity contribution is 5.83. The zero-order valence-electron chi connectivity index (χ0n) is 16.7. The van der Waals surface area contributed by atoms with Crippen LogP contribution in [0.15, 0.2) is 57.9 Å². The van der Waals surface area contributed by atoms with Gasteiger partial charge in [-0.2, -0.15) is 0 Å². The van der Waals surface area contributed by atoms with Crippen LogP contribution in [-0.4, -0.2) is 25.0 Å². The Morgan fingerprint density at radius 1 is 1.17 bits per heavy atom. The van der Waals surface area contributed by atoms with E-state index in [1.165, 1.54) is 0 Å². The molecule has 0 fully saturated rings. The maximum atomic E-state index is 10.9. The molecule has 3 aromatic rings. The number of rotatable bonds is 8. The van der Waals surface area contributed by atoms with E-state index < -0.39 is 5.91 Å². The lowest BCUT2D eigenvalue weighted by molar-refractivity contribution is -0.119. The van der Waals surface area contributed by atoms with Crippen molar-refractivity contribution in [3.8, 4) is 5.75 Å². The van der Waals surface area contributed by atoms with Gasteiger partial charge in [-0.15, -0.1) is 0 Å². The lowest BCUT2D eigenvalue weighted by Crippen LogP contribution is -2.36. The van der Waals surface area contributed by atoms with E-state index in [4.69, 9.17) is 14.9 Å². The Morgan fingerprint density at radius 2 is 2.00 bits per heavy atom. The number of para-hydroxylation sites is 1. The highest BCUT2D eigenvalue weighted by atomic mass is 16.5. The molecule has 0 saturated heterocycles. The van der Waals surface area contributed by atoms with Gasteiger partial charge in [-0.25, -0.2) is 4.99 Å². The maximum absolute atomic E-state index is 10.9. The molecule has 0 radical (unpaired) electrons. The number of nitrogens with one attached hydrogen (secondary N) is 2. The van der Waals surface area contributed by atoms with Gasteiger partial charge >= 0.3 is 0 Å². The van der Waals surface area contributed by atoms with Crippen LogP contribution in [-0.2, 0) is 17.9 Å². The summed E-state index contributed by atoms with van der Waals surface area (Å²) in [5.74, 6) is 1.66. The van der Waals surface area contributed by atoms with E-state index >= 15 is 0 Å². The van der Waals surface area contributed by atoms with Gasteiger partial charge in [0.2, 0.25) is 0 Å². The third-order valence-corrected chi connectivity index (χ3v) is 4.40. The van der Waals surface area contributed by atoms with E-state index in [0.717, 1.165) is 34.4 Å². The van der Waals surface area contributed by atoms with Crippen LogP contribution in [0.2, 0.25) is 0 Å². The molecule has 152 valence electrons. The van der Waals surface area contributed by atoms with Crippen molar-refractivity contribution in [2.24, 2.45) is 10.7 Å². The normalized spacial score (nSPS) is 11.4. The van der Waals surface area contributed by atoms with Crippen molar-refractivity contribution in [1.29, 1.82) is 0 Å². The molecule has 1 heterocycles. The fourth-order valence-electron chi connectivity index (χ4n) is 2.96. The van der Waals surface area contributed by atoms with Crippen LogP contribution in [0.5, 0.6) is 5.75 Å². The summed E-state index contributed by atoms with van der Waals surface area (Å²) < 4.78 is 11.3. The number of hydrogen-bond acceptors (Lipinski definition) is 4. The molecule has 3 rings (SSSR count). The molecule has 1 amide bonds. The number of fused-ring (bicyclic) bond motifs is 1. The van der Waals surface area contributed by atoms with Gasteiger partial charge in [-0.3, -0.25) is 4.79 Å². The molecule has 2 aromatic carbocycles. The van der Waals surface area contributed by atoms with E-state index in [0.29, 0.717) is 24.8 Å². The van der Waals surface area contributed by atoms with Gasteiger partial charge in [0.05, 0.1) is 13.1 Å². The summed E-state index contributed by atoms with van der Waals surface area (Å²) in [6, 6.07) is 15.4. The van der Waals surface area contributed by atoms with Crippen LogP contribution in [0.25, 0.3) is 11.0 Å². The first-order chi connectivity index (χ1) is 14.1. The average molecular weight is 394 g/mol. The maximum Gasteiger partial charge on any atom is 0.255 e. The molecule has 0 aliphatic rings. The molecule has 0 bridgehead atoms. The summed E-state index contributed by atoms with van der Waals surface area (Å²) in [7, 11) is 0. The van der Waals surface area contributed by atoms with Crippen LogP contribution in [0.4, 0.5) is 0 Å². The molecule has 0 unspecified atom stereocenters. The smallest absolute Gasteiger partial charge is 0.255 e. The van der Waals surface area contributed by atoms with Gasteiger partial charge in [0.25, 0.3) is 5.91 Å². The first-order valence-corrected chi connectivity index (χ1v) is 9.56. The van der Waals surface area contributed by atoms with Crippen LogP contribution in [0, 0.1) is 6.92 Å². The topological polar surface area (TPSA) is 102 Å². The number of furan rings is 1. The monoisotopic (exact) mass is 394 g/mol. The number of carbonyl (C=O) groups is 1. The van der Waals surface area contributed by atoms with E-state index in [1.54, 1.807) is 6.07 Å². The van der Waals surface area contributed by atoms with Crippen molar-refractivity contribution in [2.45, 2.75) is 26.9 Å². The second-order valence-corrected chi connectivity index (χ2v) is 6.60. The highest BCUT2D eigenvalue weighted by Crippen LogP contribution is 2.24. The molecule has 0 aliphatic heterocycles. The third kappa shape index (κ3) is 5.51. The van der Waals surface area contributed by atoms with Gasteiger partial charge in [-0.1, -0.05) is 30.3 Å². The molecular weight excluding hydrogens is 368 g/mol. The van der Waals surface area contributed by atoms with Gasteiger partial charge in [0, 0.05) is 17.5 Å². The minimum Gasteiger partial charge on any atom is -0.484 e. The minimum absolute atomic E-state index is 0.145. The Labute approximate surface area is 169 Å². The predicted octanol–water partition coefficient (Wildman–Crippen LogP) is 2.86. The van der Waals surface area contributed by atoms with Crippen molar-refractivity contribution < 1.29 is 13.9 Å². The Morgan fingerprint density at radius 3 is 2.76 bits per heavy atom. The lowest BCUT2D eigenvalue weighted by Gasteiger charge is -2.11. The number of aryl methyl sites for hydroxylation is 1. The molecule has 4 N–H and O–H groups in total. The average Bonchev–Trinajstić information content (AvgIpc) is 3.05. The summed E-state index contributed by atoms with van der Waals surface area (Å²) in [5, 5.41) is 7.68. The molecule has 7 nitrogen and oxygen atoms in total. The van der Waals surface area contributed by atoms with Gasteiger partial charge in [0.15, 0.2) is 12.6 Å². The SMILES string of the molecule is CCNC(=NCc1cccc(OCC(N)=O)c1)NCc1oc2ccccc2c1C. The van der Waals surface area contributed by atoms with Gasteiger partial charge in [0.1, 0.15) is 17.1 Å². The first kappa shape index (κ1) is 20.3. The molecule has 0 spiro atoms. The fourth-order valence-corrected chi connectivity index (χ4v) is 2.96. The third-order valence-electron chi connectivity index (χ3n) is 4.40. The summed E-state index contributed by atoms with van der Waals surface area (Å²) in [5.41, 5.74) is 8.09. The number of nitrogens with two attached hydrogens (primary N) is 1. The lowest BCUT2D eigenvalue weighted by atomic mass is 10.1. The van der Waals surface area contributed by atoms with E-state index in [1.807, 2.05) is 43.3 Å². The second-order valence-electron chi connectivity index (χ2n) is 6.60. The van der Waals surface area contributed by atoms with E-state index in [2.05, 4.69) is 28.6 Å². The Kier molecular flexibility index (Phi) is 6.73. The number of hydrogen-bond donors (Lipinski definition) is 3. The highest BCUT2D eigenvalue weighted by Gasteiger charge is 2.10. The van der Waals surface area contributed by atoms with E-state index in [9.17, 15) is 4.79 Å². The molecule has 0 saturated carbocycles. The molecular formula is C22H26N4O3. The quantitative estimate of drug-likeness (QED) is 0.403. The minimum atomic E-state index is -0.507. The van der Waals surface area contributed by atoms with Gasteiger partial charge in [-0.05, 0) is 37.6 Å². The van der Waals surface area contributed by atoms with E-state index in [-0.39, 0.29) is 6.61 Å². The number of primary amides is 1. The van der Waals surface area contributed by atoms with Crippen molar-refractivity contribution in [3.05, 3.63) is 65.4 Å². The molecule has 0 aliphatic carbocycles. The number of ether oxygens (including phenoxy) is 1. The Bertz CT molecular complexity index is 1010. The Hall–Kier alpha value is -3.48. The summed E-state index contributed by atoms with van der Waals surface area (Å²) >= 11 is 0.